The molecule has 0 rings (SSSR count). The maximum Gasteiger partial charge on any atom is 1.00 e. The van der Waals surface area contributed by atoms with Crippen LogP contribution in [0.15, 0.2) is 0 Å². The molecule has 0 aromatic rings. The van der Waals surface area contributed by atoms with Gasteiger partial charge >= 0.3 is 276 Å². The van der Waals surface area contributed by atoms with Crippen LogP contribution in [-0.2, 0) is 0 Å². The predicted octanol–water partition coefficient (Wildman–Crippen LogP) is -24.0. The van der Waals surface area contributed by atoms with Crippen LogP contribution < -0.4 is 371 Å². The molecule has 0 saturated heterocycles. The van der Waals surface area contributed by atoms with Crippen LogP contribution in [-0.4, -0.2) is 0 Å². The molecule has 0 radical (unpaired) electrons. The van der Waals surface area contributed by atoms with E-state index in [2.05, 4.69) is 0 Å². The van der Waals surface area contributed by atoms with Crippen molar-refractivity contribution in [2.24, 2.45) is 0 Å². The first-order valence-corrected chi connectivity index (χ1v) is 0. The molecule has 0 aliphatic rings. The number of halogens is 4. The molecule has 0 unspecified atom stereocenters. The van der Waals surface area contributed by atoms with Crippen molar-refractivity contribution in [3.63, 3.8) is 0 Å². The van der Waals surface area contributed by atoms with E-state index < -0.39 is 0 Å². The van der Waals surface area contributed by atoms with Gasteiger partial charge in [-0.15, -0.1) is 0 Å². The van der Waals surface area contributed by atoms with Gasteiger partial charge in [-0.2, -0.15) is 0 Å². The molecular weight excluding hydrogens is 1040 g/mol. The van der Waals surface area contributed by atoms with Crippen molar-refractivity contribution in [1.29, 1.82) is 0 Å². The van der Waals surface area contributed by atoms with Gasteiger partial charge in [0, 0.05) is 0 Å². The van der Waals surface area contributed by atoms with Gasteiger partial charge in [-0.25, -0.2) is 0 Å². The van der Waals surface area contributed by atoms with Crippen LogP contribution in [0.3, 0.4) is 0 Å². The van der Waals surface area contributed by atoms with E-state index in [-0.39, 0.29) is 371 Å². The molecule has 0 saturated carbocycles. The molecule has 0 N–H and O–H groups in total. The fraction of sp³-hybridized carbons (Fsp3) is 0. The molecule has 0 aliphatic heterocycles. The summed E-state index contributed by atoms with van der Waals surface area (Å²) in [6.07, 6.45) is 0. The van der Waals surface area contributed by atoms with Gasteiger partial charge in [0.05, 0.1) is 0 Å². The molecule has 8 heteroatoms. The van der Waals surface area contributed by atoms with E-state index in [1.54, 1.807) is 0 Å². The zero-order chi connectivity index (χ0) is 0. The molecule has 32 valence electrons. The van der Waals surface area contributed by atoms with Crippen molar-refractivity contribution in [2.45, 2.75) is 0 Å². The second kappa shape index (κ2) is 42.9. The first-order chi connectivity index (χ1) is 0. The van der Waals surface area contributed by atoms with Gasteiger partial charge in [-0.3, -0.25) is 0 Å². The fourth-order valence-corrected chi connectivity index (χ4v) is 0. The normalized spacial score (nSPS) is 0. The summed E-state index contributed by atoms with van der Waals surface area (Å²) in [6, 6.07) is 0. The van der Waals surface area contributed by atoms with E-state index in [0.29, 0.717) is 0 Å². The minimum Gasteiger partial charge on any atom is -1.00 e. The van der Waals surface area contributed by atoms with Gasteiger partial charge < -0.3 is 95.9 Å². The quantitative estimate of drug-likeness (QED) is 0.212. The van der Waals surface area contributed by atoms with Crippen LogP contribution in [0.5, 0.6) is 0 Å². The summed E-state index contributed by atoms with van der Waals surface area (Å²) < 4.78 is 0. The van der Waals surface area contributed by atoms with E-state index >= 15 is 0 Å². The minimum atomic E-state index is 0. The second-order valence-corrected chi connectivity index (χ2v) is 0. The van der Waals surface area contributed by atoms with Crippen molar-refractivity contribution >= 4 is 0 Å². The summed E-state index contributed by atoms with van der Waals surface area (Å²) in [5, 5.41) is 0. The zero-order valence-electron chi connectivity index (χ0n) is 5.51. The fourth-order valence-electron chi connectivity index (χ4n) is 0. The Balaban J connectivity index is 0. The standard InChI is InChI=1S/4Cs.4HI/h;;;;4*1H/q4*+1;;;;/p-4. The molecule has 8 heavy (non-hydrogen) atoms. The van der Waals surface area contributed by atoms with Crippen molar-refractivity contribution < 1.29 is 371 Å². The minimum absolute atomic E-state index is 0. The van der Waals surface area contributed by atoms with Crippen LogP contribution in [0.1, 0.15) is 0 Å². The van der Waals surface area contributed by atoms with Crippen LogP contribution in [0.2, 0.25) is 0 Å². The topological polar surface area (TPSA) is 0 Å². The van der Waals surface area contributed by atoms with Crippen molar-refractivity contribution in [3.8, 4) is 0 Å². The van der Waals surface area contributed by atoms with Gasteiger partial charge in [0.2, 0.25) is 0 Å². The Hall–Kier alpha value is 11.1. The average Bonchev–Trinajstić information content (AvgIpc) is 0. The van der Waals surface area contributed by atoms with Crippen molar-refractivity contribution in [3.05, 3.63) is 0 Å². The molecule has 0 atom stereocenters. The van der Waals surface area contributed by atoms with E-state index in [1.165, 1.54) is 0 Å². The van der Waals surface area contributed by atoms with Gasteiger partial charge in [-0.05, 0) is 0 Å². The number of rotatable bonds is 0. The Morgan fingerprint density at radius 1 is 0.250 bits per heavy atom. The maximum atomic E-state index is 0. The maximum absolute atomic E-state index is 0. The Kier molecular flexibility index (Phi) is 273. The summed E-state index contributed by atoms with van der Waals surface area (Å²) in [7, 11) is 0. The van der Waals surface area contributed by atoms with E-state index in [9.17, 15) is 0 Å². The van der Waals surface area contributed by atoms with Crippen molar-refractivity contribution in [1.82, 2.24) is 0 Å². The number of hydrogen-bond acceptors (Lipinski definition) is 0. The Morgan fingerprint density at radius 3 is 0.250 bits per heavy atom. The van der Waals surface area contributed by atoms with E-state index in [0.717, 1.165) is 0 Å². The zero-order valence-corrected chi connectivity index (χ0v) is 39.3. The summed E-state index contributed by atoms with van der Waals surface area (Å²) in [5.41, 5.74) is 0. The Morgan fingerprint density at radius 2 is 0.250 bits per heavy atom. The Labute approximate surface area is 355 Å². The smallest absolute Gasteiger partial charge is 1.00 e. The number of hydrogen-bond donors (Lipinski definition) is 0. The molecule has 0 bridgehead atoms. The molecule has 0 aromatic carbocycles. The first kappa shape index (κ1) is 50.8. The third kappa shape index (κ3) is 36.0. The summed E-state index contributed by atoms with van der Waals surface area (Å²) in [5.74, 6) is 0. The molecule has 0 aliphatic carbocycles. The first-order valence-electron chi connectivity index (χ1n) is 0. The summed E-state index contributed by atoms with van der Waals surface area (Å²) >= 11 is 0. The van der Waals surface area contributed by atoms with Gasteiger partial charge in [0.1, 0.15) is 0 Å². The summed E-state index contributed by atoms with van der Waals surface area (Å²) in [6.45, 7) is 0. The third-order valence-electron chi connectivity index (χ3n) is 0. The molecular formula is Cs4I4. The van der Waals surface area contributed by atoms with Gasteiger partial charge in [0.15, 0.2) is 0 Å². The van der Waals surface area contributed by atoms with Crippen molar-refractivity contribution in [2.75, 3.05) is 0 Å². The van der Waals surface area contributed by atoms with Gasteiger partial charge in [-0.1, -0.05) is 0 Å². The second-order valence-electron chi connectivity index (χ2n) is 0. The molecule has 0 fully saturated rings. The molecule has 0 amide bonds. The van der Waals surface area contributed by atoms with Crippen LogP contribution >= 0.6 is 0 Å². The van der Waals surface area contributed by atoms with Crippen LogP contribution in [0.4, 0.5) is 0 Å². The van der Waals surface area contributed by atoms with Gasteiger partial charge in [0.25, 0.3) is 0 Å². The molecule has 0 aromatic heterocycles. The van der Waals surface area contributed by atoms with Crippen LogP contribution in [0, 0.1) is 0 Å². The third-order valence-corrected chi connectivity index (χ3v) is 0. The molecule has 0 heterocycles. The largest absolute Gasteiger partial charge is 1.00 e. The van der Waals surface area contributed by atoms with Crippen LogP contribution in [0.25, 0.3) is 0 Å². The van der Waals surface area contributed by atoms with E-state index in [1.807, 2.05) is 0 Å². The molecule has 0 nitrogen and oxygen atoms in total. The SMILES string of the molecule is [Cs+].[Cs+].[Cs+].[Cs+].[I-].[I-].[I-].[I-]. The predicted molar refractivity (Wildman–Crippen MR) is 0 cm³/mol. The van der Waals surface area contributed by atoms with E-state index in [4.69, 9.17) is 0 Å². The monoisotopic (exact) mass is 1040 g/mol. The Bertz CT molecular complexity index is 8.00. The average molecular weight is 1040 g/mol. The summed E-state index contributed by atoms with van der Waals surface area (Å²) in [4.78, 5) is 0. The molecule has 0 spiro atoms.